The number of benzene rings is 1. The highest BCUT2D eigenvalue weighted by molar-refractivity contribution is 5.13. The molecule has 112 valence electrons. The Morgan fingerprint density at radius 2 is 1.85 bits per heavy atom. The Hall–Kier alpha value is -1.02. The Labute approximate surface area is 117 Å². The minimum atomic E-state index is -1.22. The Bertz CT molecular complexity index is 396. The normalized spacial score (nSPS) is 34.1. The zero-order chi connectivity index (χ0) is 14.5. The molecule has 1 saturated heterocycles. The summed E-state index contributed by atoms with van der Waals surface area (Å²) in [6, 6.07) is 9.43. The second-order valence-corrected chi connectivity index (χ2v) is 4.70. The number of rotatable bonds is 5. The second kappa shape index (κ2) is 7.12. The molecular weight excluding hydrogens is 264 g/mol. The fourth-order valence-corrected chi connectivity index (χ4v) is 2.22. The van der Waals surface area contributed by atoms with E-state index in [1.807, 2.05) is 30.3 Å². The van der Waals surface area contributed by atoms with Gasteiger partial charge >= 0.3 is 0 Å². The van der Waals surface area contributed by atoms with Crippen LogP contribution in [0.5, 0.6) is 0 Å². The summed E-state index contributed by atoms with van der Waals surface area (Å²) in [7, 11) is 1.36. The zero-order valence-corrected chi connectivity index (χ0v) is 11.3. The molecule has 1 aliphatic rings. The number of hydrogen-bond acceptors (Lipinski definition) is 6. The molecule has 1 fully saturated rings. The lowest BCUT2D eigenvalue weighted by Gasteiger charge is -2.41. The van der Waals surface area contributed by atoms with Crippen LogP contribution < -0.4 is 0 Å². The van der Waals surface area contributed by atoms with Crippen molar-refractivity contribution in [3.05, 3.63) is 35.9 Å². The molecule has 0 bridgehead atoms. The van der Waals surface area contributed by atoms with Crippen molar-refractivity contribution in [2.45, 2.75) is 37.3 Å². The average molecular weight is 284 g/mol. The van der Waals surface area contributed by atoms with Crippen molar-refractivity contribution >= 4 is 0 Å². The monoisotopic (exact) mass is 284 g/mol. The van der Waals surface area contributed by atoms with Crippen LogP contribution in [0.4, 0.5) is 0 Å². The summed E-state index contributed by atoms with van der Waals surface area (Å²) >= 11 is 0. The maximum absolute atomic E-state index is 10.1. The van der Waals surface area contributed by atoms with Crippen LogP contribution in [0.1, 0.15) is 5.56 Å². The van der Waals surface area contributed by atoms with Crippen LogP contribution in [0.25, 0.3) is 0 Å². The van der Waals surface area contributed by atoms with Gasteiger partial charge in [-0.3, -0.25) is 0 Å². The number of aliphatic hydroxyl groups is 3. The van der Waals surface area contributed by atoms with E-state index in [1.54, 1.807) is 0 Å². The molecule has 0 saturated carbocycles. The van der Waals surface area contributed by atoms with Crippen molar-refractivity contribution in [1.29, 1.82) is 0 Å². The van der Waals surface area contributed by atoms with E-state index >= 15 is 0 Å². The Morgan fingerprint density at radius 1 is 1.15 bits per heavy atom. The van der Waals surface area contributed by atoms with Gasteiger partial charge in [0.25, 0.3) is 0 Å². The predicted molar refractivity (Wildman–Crippen MR) is 69.8 cm³/mol. The van der Waals surface area contributed by atoms with Crippen molar-refractivity contribution in [2.75, 3.05) is 13.7 Å². The summed E-state index contributed by atoms with van der Waals surface area (Å²) in [4.78, 5) is 0. The lowest BCUT2D eigenvalue weighted by molar-refractivity contribution is -0.302. The van der Waals surface area contributed by atoms with Crippen LogP contribution in [-0.4, -0.2) is 59.7 Å². The third kappa shape index (κ3) is 3.35. The van der Waals surface area contributed by atoms with Gasteiger partial charge in [0.05, 0.1) is 13.2 Å². The molecule has 1 aliphatic heterocycles. The van der Waals surface area contributed by atoms with Gasteiger partial charge in [-0.05, 0) is 5.56 Å². The fraction of sp³-hybridized carbons (Fsp3) is 0.571. The van der Waals surface area contributed by atoms with Crippen LogP contribution in [0, 0.1) is 0 Å². The van der Waals surface area contributed by atoms with E-state index in [0.29, 0.717) is 0 Å². The third-order valence-corrected chi connectivity index (χ3v) is 3.34. The summed E-state index contributed by atoms with van der Waals surface area (Å²) in [6.07, 6.45) is -4.94. The van der Waals surface area contributed by atoms with Crippen molar-refractivity contribution in [3.8, 4) is 0 Å². The number of hydrogen-bond donors (Lipinski definition) is 3. The quantitative estimate of drug-likeness (QED) is 0.685. The molecule has 0 unspecified atom stereocenters. The maximum atomic E-state index is 10.1. The van der Waals surface area contributed by atoms with Gasteiger partial charge in [-0.1, -0.05) is 30.3 Å². The molecule has 1 aromatic carbocycles. The van der Waals surface area contributed by atoms with E-state index in [9.17, 15) is 15.3 Å². The van der Waals surface area contributed by atoms with Gasteiger partial charge in [0, 0.05) is 7.11 Å². The molecule has 0 spiro atoms. The summed E-state index contributed by atoms with van der Waals surface area (Å²) in [6.45, 7) is -0.0735. The van der Waals surface area contributed by atoms with E-state index in [-0.39, 0.29) is 13.2 Å². The standard InChI is InChI=1S/C14H20O6/c1-18-14-12(17)11(16)13(10(7-15)20-14)19-8-9-5-3-2-4-6-9/h2-6,10-17H,7-8H2,1H3/t10-,11+,12+,13-,14+/m0/s1. The molecule has 0 amide bonds. The van der Waals surface area contributed by atoms with Crippen molar-refractivity contribution < 1.29 is 29.5 Å². The van der Waals surface area contributed by atoms with Crippen LogP contribution >= 0.6 is 0 Å². The van der Waals surface area contributed by atoms with Gasteiger partial charge in [-0.2, -0.15) is 0 Å². The van der Waals surface area contributed by atoms with Crippen LogP contribution in [0.2, 0.25) is 0 Å². The molecule has 0 aliphatic carbocycles. The molecule has 6 nitrogen and oxygen atoms in total. The van der Waals surface area contributed by atoms with Gasteiger partial charge < -0.3 is 29.5 Å². The number of aliphatic hydroxyl groups excluding tert-OH is 3. The second-order valence-electron chi connectivity index (χ2n) is 4.70. The fourth-order valence-electron chi connectivity index (χ4n) is 2.22. The number of ether oxygens (including phenoxy) is 3. The largest absolute Gasteiger partial charge is 0.394 e. The predicted octanol–water partition coefficient (Wildman–Crippen LogP) is -0.343. The molecule has 5 atom stereocenters. The highest BCUT2D eigenvalue weighted by Crippen LogP contribution is 2.24. The minimum Gasteiger partial charge on any atom is -0.394 e. The first-order valence-corrected chi connectivity index (χ1v) is 6.48. The first kappa shape index (κ1) is 15.4. The molecule has 0 radical (unpaired) electrons. The van der Waals surface area contributed by atoms with Crippen LogP contribution in [-0.2, 0) is 20.8 Å². The Balaban J connectivity index is 2.01. The van der Waals surface area contributed by atoms with E-state index < -0.39 is 30.7 Å². The summed E-state index contributed by atoms with van der Waals surface area (Å²) < 4.78 is 15.9. The average Bonchev–Trinajstić information content (AvgIpc) is 2.49. The van der Waals surface area contributed by atoms with Gasteiger partial charge in [-0.15, -0.1) is 0 Å². The van der Waals surface area contributed by atoms with Crippen LogP contribution in [0.15, 0.2) is 30.3 Å². The van der Waals surface area contributed by atoms with E-state index in [0.717, 1.165) is 5.56 Å². The highest BCUT2D eigenvalue weighted by Gasteiger charge is 2.45. The Kier molecular flexibility index (Phi) is 5.47. The first-order valence-electron chi connectivity index (χ1n) is 6.48. The van der Waals surface area contributed by atoms with Gasteiger partial charge in [0.15, 0.2) is 6.29 Å². The van der Waals surface area contributed by atoms with Gasteiger partial charge in [0.1, 0.15) is 24.4 Å². The maximum Gasteiger partial charge on any atom is 0.186 e. The topological polar surface area (TPSA) is 88.4 Å². The van der Waals surface area contributed by atoms with Crippen molar-refractivity contribution in [1.82, 2.24) is 0 Å². The third-order valence-electron chi connectivity index (χ3n) is 3.34. The minimum absolute atomic E-state index is 0.257. The van der Waals surface area contributed by atoms with Gasteiger partial charge in [0.2, 0.25) is 0 Å². The molecule has 20 heavy (non-hydrogen) atoms. The van der Waals surface area contributed by atoms with Crippen LogP contribution in [0.3, 0.4) is 0 Å². The highest BCUT2D eigenvalue weighted by atomic mass is 16.7. The molecular formula is C14H20O6. The van der Waals surface area contributed by atoms with Crippen molar-refractivity contribution in [3.63, 3.8) is 0 Å². The van der Waals surface area contributed by atoms with Crippen molar-refractivity contribution in [2.24, 2.45) is 0 Å². The molecule has 6 heteroatoms. The lowest BCUT2D eigenvalue weighted by atomic mass is 9.99. The van der Waals surface area contributed by atoms with Gasteiger partial charge in [-0.25, -0.2) is 0 Å². The summed E-state index contributed by atoms with van der Waals surface area (Å²) in [5.74, 6) is 0. The van der Waals surface area contributed by atoms with E-state index in [2.05, 4.69) is 0 Å². The number of methoxy groups -OCH3 is 1. The molecule has 0 aromatic heterocycles. The summed E-state index contributed by atoms with van der Waals surface area (Å²) in [5.41, 5.74) is 0.930. The lowest BCUT2D eigenvalue weighted by Crippen LogP contribution is -2.59. The smallest absolute Gasteiger partial charge is 0.186 e. The zero-order valence-electron chi connectivity index (χ0n) is 11.3. The molecule has 1 heterocycles. The molecule has 1 aromatic rings. The summed E-state index contributed by atoms with van der Waals surface area (Å²) in [5, 5.41) is 29.3. The molecule has 2 rings (SSSR count). The SMILES string of the molecule is CO[C@@H]1O[C@@H](CO)[C@H](OCc2ccccc2)[C@H](O)[C@H]1O. The molecule has 3 N–H and O–H groups in total. The Morgan fingerprint density at radius 3 is 2.45 bits per heavy atom. The van der Waals surface area contributed by atoms with E-state index in [1.165, 1.54) is 7.11 Å². The van der Waals surface area contributed by atoms with E-state index in [4.69, 9.17) is 14.2 Å². The first-order chi connectivity index (χ1) is 9.67.